The molecule has 0 unspecified atom stereocenters. The van der Waals surface area contributed by atoms with E-state index in [9.17, 15) is 13.6 Å². The van der Waals surface area contributed by atoms with Crippen molar-refractivity contribution in [3.05, 3.63) is 0 Å². The van der Waals surface area contributed by atoms with Crippen LogP contribution in [0.4, 0.5) is 13.6 Å². The summed E-state index contributed by atoms with van der Waals surface area (Å²) in [5.74, 6) is -2.68. The van der Waals surface area contributed by atoms with Crippen molar-refractivity contribution in [3.63, 3.8) is 0 Å². The molecule has 0 bridgehead atoms. The third-order valence-corrected chi connectivity index (χ3v) is 1.99. The average Bonchev–Trinajstić information content (AvgIpc) is 2.01. The Hall–Kier alpha value is -0.870. The Balaban J connectivity index is 2.31. The van der Waals surface area contributed by atoms with Crippen LogP contribution in [0.25, 0.3) is 0 Å². The molecule has 0 aromatic heterocycles. The van der Waals surface area contributed by atoms with E-state index in [1.807, 2.05) is 0 Å². The molecule has 0 radical (unpaired) electrons. The van der Waals surface area contributed by atoms with Gasteiger partial charge < -0.3 is 10.2 Å². The van der Waals surface area contributed by atoms with E-state index in [4.69, 9.17) is 0 Å². The Labute approximate surface area is 76.1 Å². The molecular formula is C8H14F2N2O. The molecule has 0 saturated carbocycles. The molecule has 1 N–H and O–H groups in total. The van der Waals surface area contributed by atoms with Gasteiger partial charge in [-0.15, -0.1) is 0 Å². The largest absolute Gasteiger partial charge is 0.338 e. The Morgan fingerprint density at radius 2 is 2.31 bits per heavy atom. The summed E-state index contributed by atoms with van der Waals surface area (Å²) in [6, 6.07) is -0.226. The summed E-state index contributed by atoms with van der Waals surface area (Å²) in [7, 11) is 0. The number of halogens is 2. The molecule has 2 amide bonds. The van der Waals surface area contributed by atoms with Crippen molar-refractivity contribution in [2.24, 2.45) is 0 Å². The highest BCUT2D eigenvalue weighted by atomic mass is 19.3. The number of amides is 2. The van der Waals surface area contributed by atoms with E-state index >= 15 is 0 Å². The number of carbonyl (C=O) groups excluding carboxylic acids is 1. The highest BCUT2D eigenvalue weighted by Gasteiger charge is 2.25. The first-order valence-electron chi connectivity index (χ1n) is 4.40. The van der Waals surface area contributed by atoms with Gasteiger partial charge in [0.05, 0.1) is 0 Å². The van der Waals surface area contributed by atoms with Gasteiger partial charge in [0.25, 0.3) is 0 Å². The van der Waals surface area contributed by atoms with Gasteiger partial charge in [-0.3, -0.25) is 0 Å². The topological polar surface area (TPSA) is 32.3 Å². The van der Waals surface area contributed by atoms with E-state index in [2.05, 4.69) is 5.32 Å². The molecule has 3 nitrogen and oxygen atoms in total. The molecule has 0 aromatic carbocycles. The fraction of sp³-hybridized carbons (Fsp3) is 0.875. The number of hydrogen-bond donors (Lipinski definition) is 1. The molecule has 13 heavy (non-hydrogen) atoms. The normalized spacial score (nSPS) is 18.7. The van der Waals surface area contributed by atoms with Crippen molar-refractivity contribution >= 4 is 6.03 Å². The third-order valence-electron chi connectivity index (χ3n) is 1.99. The van der Waals surface area contributed by atoms with E-state index in [0.717, 1.165) is 13.3 Å². The van der Waals surface area contributed by atoms with Crippen molar-refractivity contribution in [2.45, 2.75) is 25.7 Å². The molecule has 1 aliphatic rings. The van der Waals surface area contributed by atoms with Gasteiger partial charge in [-0.1, -0.05) is 0 Å². The van der Waals surface area contributed by atoms with Gasteiger partial charge in [0.1, 0.15) is 0 Å². The molecule has 0 atom stereocenters. The van der Waals surface area contributed by atoms with Crippen LogP contribution in [0.15, 0.2) is 0 Å². The maximum Gasteiger partial charge on any atom is 0.317 e. The van der Waals surface area contributed by atoms with Crippen LogP contribution in [-0.2, 0) is 0 Å². The lowest BCUT2D eigenvalue weighted by atomic mass is 10.2. The Bertz CT molecular complexity index is 191. The Morgan fingerprint density at radius 3 is 2.85 bits per heavy atom. The third kappa shape index (κ3) is 3.57. The van der Waals surface area contributed by atoms with Crippen LogP contribution in [0.3, 0.4) is 0 Å². The molecular weight excluding hydrogens is 178 g/mol. The number of nitrogens with one attached hydrogen (secondary N) is 1. The van der Waals surface area contributed by atoms with Gasteiger partial charge in [0.2, 0.25) is 5.92 Å². The molecule has 1 rings (SSSR count). The van der Waals surface area contributed by atoms with E-state index in [-0.39, 0.29) is 19.0 Å². The van der Waals surface area contributed by atoms with Crippen LogP contribution in [0.5, 0.6) is 0 Å². The molecule has 5 heteroatoms. The average molecular weight is 192 g/mol. The first-order chi connectivity index (χ1) is 5.99. The lowest BCUT2D eigenvalue weighted by molar-refractivity contribution is 0.00580. The SMILES string of the molecule is CC(F)(F)CCN1CCCNC1=O. The van der Waals surface area contributed by atoms with Gasteiger partial charge in [0.15, 0.2) is 0 Å². The van der Waals surface area contributed by atoms with Crippen molar-refractivity contribution in [2.75, 3.05) is 19.6 Å². The van der Waals surface area contributed by atoms with E-state index in [1.54, 1.807) is 0 Å². The molecule has 1 fully saturated rings. The molecule has 0 aliphatic carbocycles. The standard InChI is InChI=1S/C8H14F2N2O/c1-8(9,10)3-6-12-5-2-4-11-7(12)13/h2-6H2,1H3,(H,11,13). The highest BCUT2D eigenvalue weighted by Crippen LogP contribution is 2.17. The zero-order chi connectivity index (χ0) is 9.90. The van der Waals surface area contributed by atoms with Crippen LogP contribution >= 0.6 is 0 Å². The summed E-state index contributed by atoms with van der Waals surface area (Å²) in [4.78, 5) is 12.5. The van der Waals surface area contributed by atoms with Crippen LogP contribution < -0.4 is 5.32 Å². The first kappa shape index (κ1) is 10.2. The van der Waals surface area contributed by atoms with E-state index in [1.165, 1.54) is 4.90 Å². The zero-order valence-corrected chi connectivity index (χ0v) is 7.65. The van der Waals surface area contributed by atoms with Gasteiger partial charge in [0, 0.05) is 26.1 Å². The van der Waals surface area contributed by atoms with Crippen LogP contribution in [0.1, 0.15) is 19.8 Å². The summed E-state index contributed by atoms with van der Waals surface area (Å²) in [6.45, 7) is 2.24. The maximum atomic E-state index is 12.4. The first-order valence-corrected chi connectivity index (χ1v) is 4.40. The smallest absolute Gasteiger partial charge is 0.317 e. The van der Waals surface area contributed by atoms with Crippen LogP contribution in [0.2, 0.25) is 0 Å². The molecule has 1 saturated heterocycles. The number of alkyl halides is 2. The molecule has 1 heterocycles. The fourth-order valence-electron chi connectivity index (χ4n) is 1.22. The lowest BCUT2D eigenvalue weighted by Crippen LogP contribution is -2.47. The minimum atomic E-state index is -2.68. The van der Waals surface area contributed by atoms with Gasteiger partial charge in [-0.25, -0.2) is 13.6 Å². The van der Waals surface area contributed by atoms with Gasteiger partial charge >= 0.3 is 6.03 Å². The predicted octanol–water partition coefficient (Wildman–Crippen LogP) is 1.45. The quantitative estimate of drug-likeness (QED) is 0.721. The molecule has 1 aliphatic heterocycles. The van der Waals surface area contributed by atoms with Crippen molar-refractivity contribution in [1.82, 2.24) is 10.2 Å². The second kappa shape index (κ2) is 3.89. The minimum absolute atomic E-state index is 0.134. The van der Waals surface area contributed by atoms with E-state index in [0.29, 0.717) is 13.1 Å². The number of nitrogens with zero attached hydrogens (tertiary/aromatic N) is 1. The summed E-state index contributed by atoms with van der Waals surface area (Å²) in [5.41, 5.74) is 0. The van der Waals surface area contributed by atoms with Crippen molar-refractivity contribution in [3.8, 4) is 0 Å². The summed E-state index contributed by atoms with van der Waals surface area (Å²) >= 11 is 0. The Kier molecular flexibility index (Phi) is 3.06. The van der Waals surface area contributed by atoms with Crippen LogP contribution in [0, 0.1) is 0 Å². The predicted molar refractivity (Wildman–Crippen MR) is 44.8 cm³/mol. The highest BCUT2D eigenvalue weighted by molar-refractivity contribution is 5.74. The Morgan fingerprint density at radius 1 is 1.62 bits per heavy atom. The van der Waals surface area contributed by atoms with Gasteiger partial charge in [-0.2, -0.15) is 0 Å². The second-order valence-corrected chi connectivity index (χ2v) is 3.39. The summed E-state index contributed by atoms with van der Waals surface area (Å²) < 4.78 is 24.9. The fourth-order valence-corrected chi connectivity index (χ4v) is 1.22. The number of hydrogen-bond acceptors (Lipinski definition) is 1. The van der Waals surface area contributed by atoms with Crippen molar-refractivity contribution in [1.29, 1.82) is 0 Å². The monoisotopic (exact) mass is 192 g/mol. The number of rotatable bonds is 3. The minimum Gasteiger partial charge on any atom is -0.338 e. The van der Waals surface area contributed by atoms with Gasteiger partial charge in [-0.05, 0) is 13.3 Å². The molecule has 0 spiro atoms. The van der Waals surface area contributed by atoms with E-state index < -0.39 is 5.92 Å². The summed E-state index contributed by atoms with van der Waals surface area (Å²) in [5, 5.41) is 2.61. The van der Waals surface area contributed by atoms with Crippen LogP contribution in [-0.4, -0.2) is 36.5 Å². The molecule has 0 aromatic rings. The maximum absolute atomic E-state index is 12.4. The summed E-state index contributed by atoms with van der Waals surface area (Å²) in [6.07, 6.45) is 0.571. The number of carbonyl (C=O) groups is 1. The zero-order valence-electron chi connectivity index (χ0n) is 7.65. The van der Waals surface area contributed by atoms with Crippen molar-refractivity contribution < 1.29 is 13.6 Å². The lowest BCUT2D eigenvalue weighted by Gasteiger charge is -2.28. The number of urea groups is 1. The second-order valence-electron chi connectivity index (χ2n) is 3.39. The molecule has 76 valence electrons.